The van der Waals surface area contributed by atoms with Gasteiger partial charge in [-0.1, -0.05) is 0 Å². The lowest BCUT2D eigenvalue weighted by molar-refractivity contribution is -0.358. The maximum Gasteiger partial charge on any atom is 0.460 e. The Bertz CT molecular complexity index is 949. The van der Waals surface area contributed by atoms with Gasteiger partial charge in [-0.3, -0.25) is 4.99 Å². The Morgan fingerprint density at radius 3 is 2.36 bits per heavy atom. The summed E-state index contributed by atoms with van der Waals surface area (Å²) in [6.07, 6.45) is -5.91. The van der Waals surface area contributed by atoms with Crippen molar-refractivity contribution in [3.8, 4) is 17.0 Å². The van der Waals surface area contributed by atoms with E-state index in [9.17, 15) is 30.7 Å². The van der Waals surface area contributed by atoms with Gasteiger partial charge in [-0.05, 0) is 23.8 Å². The van der Waals surface area contributed by atoms with Gasteiger partial charge >= 0.3 is 18.0 Å². The van der Waals surface area contributed by atoms with Crippen LogP contribution in [-0.4, -0.2) is 36.2 Å². The molecule has 12 heteroatoms. The number of benzene rings is 1. The monoisotopic (exact) mass is 450 g/mol. The highest BCUT2D eigenvalue weighted by Crippen LogP contribution is 2.47. The SMILES string of the molecule is CN=c1sc2c(n1C)-c1ccc(OCC(F)(F)C(F)(F)C(F)(F)F)cc1C2.Cl. The number of hydrogen-bond acceptors (Lipinski definition) is 3. The van der Waals surface area contributed by atoms with E-state index in [0.29, 0.717) is 12.0 Å². The predicted molar refractivity (Wildman–Crippen MR) is 91.7 cm³/mol. The maximum atomic E-state index is 13.4. The molecule has 0 saturated heterocycles. The molecule has 3 rings (SSSR count). The standard InChI is InChI=1S/C16H13F7N2OS.ClH/c1-24-13-25(2)12-10-4-3-9(5-8(10)6-11(12)27-13)26-7-14(17,18)15(19,20)16(21,22)23;/h3-5H,6-7H2,1-2H3;1H. The first-order valence-corrected chi connectivity index (χ1v) is 8.40. The highest BCUT2D eigenvalue weighted by Gasteiger charge is 2.73. The average Bonchev–Trinajstić information content (AvgIpc) is 3.07. The Morgan fingerprint density at radius 1 is 1.14 bits per heavy atom. The smallest absolute Gasteiger partial charge is 0.460 e. The topological polar surface area (TPSA) is 26.5 Å². The summed E-state index contributed by atoms with van der Waals surface area (Å²) in [5.41, 5.74) is 2.41. The van der Waals surface area contributed by atoms with E-state index in [1.165, 1.54) is 23.5 Å². The minimum absolute atomic E-state index is 0. The fourth-order valence-corrected chi connectivity index (χ4v) is 3.95. The Morgan fingerprint density at radius 2 is 1.79 bits per heavy atom. The Kier molecular flexibility index (Phi) is 5.84. The minimum Gasteiger partial charge on any atom is -0.487 e. The first-order valence-electron chi connectivity index (χ1n) is 7.59. The third-order valence-electron chi connectivity index (χ3n) is 4.21. The van der Waals surface area contributed by atoms with Crippen LogP contribution in [0.5, 0.6) is 5.75 Å². The molecule has 0 bridgehead atoms. The number of thiazole rings is 1. The van der Waals surface area contributed by atoms with E-state index in [4.69, 9.17) is 0 Å². The molecule has 0 saturated carbocycles. The van der Waals surface area contributed by atoms with Gasteiger partial charge in [-0.25, -0.2) is 0 Å². The summed E-state index contributed by atoms with van der Waals surface area (Å²) >= 11 is 1.45. The second-order valence-electron chi connectivity index (χ2n) is 6.00. The number of ether oxygens (including phenoxy) is 1. The number of halogens is 8. The minimum atomic E-state index is -6.37. The van der Waals surface area contributed by atoms with E-state index in [0.717, 1.165) is 20.9 Å². The van der Waals surface area contributed by atoms with Crippen LogP contribution in [0.2, 0.25) is 0 Å². The molecule has 0 amide bonds. The van der Waals surface area contributed by atoms with Gasteiger partial charge in [0.25, 0.3) is 0 Å². The first-order chi connectivity index (χ1) is 12.4. The first kappa shape index (κ1) is 22.5. The molecule has 1 aliphatic rings. The quantitative estimate of drug-likeness (QED) is 0.523. The molecule has 1 aromatic carbocycles. The number of rotatable bonds is 4. The maximum absolute atomic E-state index is 13.4. The van der Waals surface area contributed by atoms with Crippen LogP contribution in [0.25, 0.3) is 11.3 Å². The van der Waals surface area contributed by atoms with Crippen molar-refractivity contribution < 1.29 is 35.5 Å². The molecule has 3 nitrogen and oxygen atoms in total. The van der Waals surface area contributed by atoms with E-state index >= 15 is 0 Å². The summed E-state index contributed by atoms with van der Waals surface area (Å²) in [6.45, 7) is -2.09. The van der Waals surface area contributed by atoms with Gasteiger partial charge in [0.05, 0.1) is 5.69 Å². The molecule has 0 aliphatic heterocycles. The van der Waals surface area contributed by atoms with Crippen LogP contribution in [0.4, 0.5) is 30.7 Å². The van der Waals surface area contributed by atoms with Crippen molar-refractivity contribution in [2.75, 3.05) is 13.7 Å². The number of nitrogens with zero attached hydrogens (tertiary/aromatic N) is 2. The summed E-state index contributed by atoms with van der Waals surface area (Å²) < 4.78 is 95.5. The normalized spacial score (nSPS) is 14.5. The van der Waals surface area contributed by atoms with Crippen LogP contribution >= 0.6 is 23.7 Å². The fraction of sp³-hybridized carbons (Fsp3) is 0.438. The van der Waals surface area contributed by atoms with Crippen LogP contribution in [0.15, 0.2) is 23.2 Å². The van der Waals surface area contributed by atoms with Crippen molar-refractivity contribution in [1.82, 2.24) is 4.57 Å². The molecule has 0 spiro atoms. The third kappa shape index (κ3) is 3.49. The van der Waals surface area contributed by atoms with Gasteiger partial charge in [0.15, 0.2) is 11.4 Å². The van der Waals surface area contributed by atoms with E-state index in [1.54, 1.807) is 13.1 Å². The number of aromatic nitrogens is 1. The third-order valence-corrected chi connectivity index (χ3v) is 5.43. The summed E-state index contributed by atoms with van der Waals surface area (Å²) in [6, 6.07) is 4.19. The van der Waals surface area contributed by atoms with E-state index in [-0.39, 0.29) is 18.2 Å². The predicted octanol–water partition coefficient (Wildman–Crippen LogP) is 4.82. The molecule has 0 atom stereocenters. The van der Waals surface area contributed by atoms with Crippen molar-refractivity contribution in [2.45, 2.75) is 24.4 Å². The molecule has 28 heavy (non-hydrogen) atoms. The molecular formula is C16H14ClF7N2OS. The molecule has 2 aromatic rings. The molecule has 0 unspecified atom stereocenters. The Hall–Kier alpha value is -1.75. The molecule has 1 aromatic heterocycles. The van der Waals surface area contributed by atoms with Gasteiger partial charge in [-0.2, -0.15) is 30.7 Å². The van der Waals surface area contributed by atoms with Crippen LogP contribution in [-0.2, 0) is 13.5 Å². The lowest BCUT2D eigenvalue weighted by Gasteiger charge is -2.28. The molecule has 156 valence electrons. The van der Waals surface area contributed by atoms with E-state index < -0.39 is 24.6 Å². The van der Waals surface area contributed by atoms with Gasteiger partial charge in [0.1, 0.15) is 5.75 Å². The molecule has 1 heterocycles. The van der Waals surface area contributed by atoms with Crippen molar-refractivity contribution in [1.29, 1.82) is 0 Å². The molecule has 0 radical (unpaired) electrons. The van der Waals surface area contributed by atoms with Gasteiger partial charge in [0.2, 0.25) is 0 Å². The average molecular weight is 451 g/mol. The Labute approximate surface area is 164 Å². The summed E-state index contributed by atoms with van der Waals surface area (Å²) in [5, 5.41) is 0. The van der Waals surface area contributed by atoms with Crippen LogP contribution in [0.1, 0.15) is 10.4 Å². The number of hydrogen-bond donors (Lipinski definition) is 0. The van der Waals surface area contributed by atoms with Crippen LogP contribution in [0.3, 0.4) is 0 Å². The lowest BCUT2D eigenvalue weighted by atomic mass is 10.1. The van der Waals surface area contributed by atoms with Gasteiger partial charge in [-0.15, -0.1) is 23.7 Å². The largest absolute Gasteiger partial charge is 0.487 e. The molecule has 1 aliphatic carbocycles. The van der Waals surface area contributed by atoms with E-state index in [1.807, 2.05) is 11.6 Å². The van der Waals surface area contributed by atoms with Crippen molar-refractivity contribution >= 4 is 23.7 Å². The highest BCUT2D eigenvalue weighted by molar-refractivity contribution is 7.09. The number of fused-ring (bicyclic) bond motifs is 3. The zero-order valence-corrected chi connectivity index (χ0v) is 16.0. The summed E-state index contributed by atoms with van der Waals surface area (Å²) in [5.74, 6) is -11.8. The Balaban J connectivity index is 0.00000280. The molecule has 0 N–H and O–H groups in total. The lowest BCUT2D eigenvalue weighted by Crippen LogP contribution is -2.54. The van der Waals surface area contributed by atoms with Crippen LogP contribution in [0, 0.1) is 0 Å². The van der Waals surface area contributed by atoms with Crippen molar-refractivity contribution in [2.24, 2.45) is 12.0 Å². The fourth-order valence-electron chi connectivity index (χ4n) is 2.84. The molecular weight excluding hydrogens is 437 g/mol. The number of alkyl halides is 7. The van der Waals surface area contributed by atoms with Crippen molar-refractivity contribution in [3.63, 3.8) is 0 Å². The summed E-state index contributed by atoms with van der Waals surface area (Å²) in [7, 11) is 3.46. The second kappa shape index (κ2) is 7.25. The van der Waals surface area contributed by atoms with Crippen molar-refractivity contribution in [3.05, 3.63) is 33.4 Å². The second-order valence-corrected chi connectivity index (χ2v) is 7.06. The zero-order chi connectivity index (χ0) is 20.2. The highest BCUT2D eigenvalue weighted by atomic mass is 35.5. The van der Waals surface area contributed by atoms with Gasteiger partial charge in [0, 0.05) is 31.0 Å². The van der Waals surface area contributed by atoms with Gasteiger partial charge < -0.3 is 9.30 Å². The van der Waals surface area contributed by atoms with Crippen LogP contribution < -0.4 is 9.54 Å². The van der Waals surface area contributed by atoms with E-state index in [2.05, 4.69) is 9.73 Å². The molecule has 0 fully saturated rings. The summed E-state index contributed by atoms with van der Waals surface area (Å²) in [4.78, 5) is 5.91. The zero-order valence-electron chi connectivity index (χ0n) is 14.4.